The van der Waals surface area contributed by atoms with Gasteiger partial charge in [-0.15, -0.1) is 0 Å². The van der Waals surface area contributed by atoms with Crippen LogP contribution in [0.5, 0.6) is 0 Å². The molecule has 0 spiro atoms. The predicted molar refractivity (Wildman–Crippen MR) is 43.5 cm³/mol. The van der Waals surface area contributed by atoms with Gasteiger partial charge in [0.05, 0.1) is 0 Å². The second kappa shape index (κ2) is 5.96. The Balaban J connectivity index is 0. The smallest absolute Gasteiger partial charge is 0.263 e. The van der Waals surface area contributed by atoms with Crippen LogP contribution in [0.2, 0.25) is 0 Å². The van der Waals surface area contributed by atoms with Crippen LogP contribution in [0.15, 0.2) is 0 Å². The molecule has 6 N–H and O–H groups in total. The van der Waals surface area contributed by atoms with Gasteiger partial charge in [0.15, 0.2) is 0 Å². The van der Waals surface area contributed by atoms with E-state index >= 15 is 0 Å². The van der Waals surface area contributed by atoms with Gasteiger partial charge in [-0.1, -0.05) is 0 Å². The summed E-state index contributed by atoms with van der Waals surface area (Å²) in [4.78, 5) is 0. The Hall–Kier alpha value is 0.210. The normalized spacial score (nSPS) is 13.3. The predicted octanol–water partition coefficient (Wildman–Crippen LogP) is -1.03. The summed E-state index contributed by atoms with van der Waals surface area (Å²) in [6.07, 6.45) is 0. The van der Waals surface area contributed by atoms with E-state index in [0.717, 1.165) is 0 Å². The second-order valence-electron chi connectivity index (χ2n) is 1.66. The van der Waals surface area contributed by atoms with Gasteiger partial charge in [-0.2, -0.15) is 4.21 Å². The number of hydrogen-bond acceptors (Lipinski definition) is 4. The van der Waals surface area contributed by atoms with Crippen LogP contribution >= 0.6 is 0 Å². The molecule has 0 saturated carbocycles. The summed E-state index contributed by atoms with van der Waals surface area (Å²) in [5.41, 5.74) is 10.2. The van der Waals surface area contributed by atoms with Crippen molar-refractivity contribution in [2.24, 2.45) is 11.5 Å². The molecule has 10 heavy (non-hydrogen) atoms. The molecule has 0 aliphatic rings. The van der Waals surface area contributed by atoms with Gasteiger partial charge < -0.3 is 11.5 Å². The fourth-order valence-corrected chi connectivity index (χ4v) is 0. The van der Waals surface area contributed by atoms with E-state index in [9.17, 15) is 0 Å². The molecule has 7 heteroatoms. The summed E-state index contributed by atoms with van der Waals surface area (Å²) < 4.78 is 24.0. The van der Waals surface area contributed by atoms with Crippen molar-refractivity contribution < 1.29 is 13.3 Å². The summed E-state index contributed by atoms with van der Waals surface area (Å²) in [7, 11) is -3.83. The largest absolute Gasteiger partial charge is 0.329 e. The molecule has 0 radical (unpaired) electrons. The van der Waals surface area contributed by atoms with Crippen LogP contribution in [0, 0.1) is 0 Å². The molecule has 0 saturated heterocycles. The van der Waals surface area contributed by atoms with Gasteiger partial charge in [0.25, 0.3) is 9.05 Å². The standard InChI is InChI=1S/C3H10N2.H2O3S2/c1-3(5)2-4;1-5(2,3)4/h3H,2,4-5H2,1H3;(H2,1,2,3,4). The van der Waals surface area contributed by atoms with Crippen LogP contribution in [-0.2, 0) is 20.2 Å². The Bertz CT molecular complexity index is 145. The first kappa shape index (κ1) is 12.8. The molecule has 0 aromatic heterocycles. The molecule has 0 aromatic rings. The molecule has 0 aliphatic carbocycles. The van der Waals surface area contributed by atoms with E-state index in [1.165, 1.54) is 0 Å². The number of hydrogen-bond donors (Lipinski definition) is 4. The number of nitrogens with two attached hydrogens (primary N) is 2. The van der Waals surface area contributed by atoms with Gasteiger partial charge in [0, 0.05) is 23.8 Å². The quantitative estimate of drug-likeness (QED) is 0.419. The van der Waals surface area contributed by atoms with E-state index < -0.39 is 9.05 Å². The third-order valence-corrected chi connectivity index (χ3v) is 0.372. The molecular weight excluding hydrogens is 176 g/mol. The van der Waals surface area contributed by atoms with E-state index in [0.29, 0.717) is 6.54 Å². The van der Waals surface area contributed by atoms with Gasteiger partial charge in [-0.05, 0) is 6.92 Å². The first-order valence-corrected chi connectivity index (χ1v) is 4.82. The maximum absolute atomic E-state index is 9.11. The number of rotatable bonds is 1. The lowest BCUT2D eigenvalue weighted by molar-refractivity contribution is 0.450. The fourth-order valence-electron chi connectivity index (χ4n) is 0. The van der Waals surface area contributed by atoms with Gasteiger partial charge in [-0.25, -0.2) is 0 Å². The molecular formula is C3H12N2O3S2. The van der Waals surface area contributed by atoms with Crippen molar-refractivity contribution >= 4 is 20.2 Å². The summed E-state index contributed by atoms with van der Waals surface area (Å²) in [5.74, 6) is 0. The van der Waals surface area contributed by atoms with Crippen LogP contribution in [0.1, 0.15) is 6.92 Å². The van der Waals surface area contributed by atoms with E-state index in [1.54, 1.807) is 0 Å². The molecule has 0 heterocycles. The third kappa shape index (κ3) is 87.4. The Morgan fingerprint density at radius 1 is 1.70 bits per heavy atom. The lowest BCUT2D eigenvalue weighted by Crippen LogP contribution is -2.25. The zero-order valence-corrected chi connectivity index (χ0v) is 7.19. The molecule has 0 aliphatic heterocycles. The maximum Gasteiger partial charge on any atom is 0.263 e. The van der Waals surface area contributed by atoms with Gasteiger partial charge >= 0.3 is 0 Å². The Labute approximate surface area is 65.1 Å². The van der Waals surface area contributed by atoms with Crippen LogP contribution < -0.4 is 11.5 Å². The second-order valence-corrected chi connectivity index (χ2v) is 3.86. The molecule has 0 aromatic carbocycles. The maximum atomic E-state index is 9.11. The highest BCUT2D eigenvalue weighted by molar-refractivity contribution is 8.26. The van der Waals surface area contributed by atoms with Crippen molar-refractivity contribution in [1.82, 2.24) is 0 Å². The van der Waals surface area contributed by atoms with Crippen LogP contribution in [-0.4, -0.2) is 25.9 Å². The molecule has 5 nitrogen and oxygen atoms in total. The van der Waals surface area contributed by atoms with Crippen LogP contribution in [0.3, 0.4) is 0 Å². The minimum absolute atomic E-state index is 0.162. The lowest BCUT2D eigenvalue weighted by Gasteiger charge is -1.92. The average Bonchev–Trinajstić information content (AvgIpc) is 1.61. The Morgan fingerprint density at radius 3 is 1.80 bits per heavy atom. The lowest BCUT2D eigenvalue weighted by atomic mass is 10.4. The Morgan fingerprint density at radius 2 is 1.80 bits per heavy atom. The van der Waals surface area contributed by atoms with Gasteiger partial charge in [0.2, 0.25) is 0 Å². The highest BCUT2D eigenvalue weighted by atomic mass is 32.9. The highest BCUT2D eigenvalue weighted by Gasteiger charge is 1.79. The first-order valence-electron chi connectivity index (χ1n) is 2.43. The zero-order valence-electron chi connectivity index (χ0n) is 5.56. The minimum Gasteiger partial charge on any atom is -0.329 e. The van der Waals surface area contributed by atoms with Crippen LogP contribution in [0.25, 0.3) is 0 Å². The van der Waals surface area contributed by atoms with Crippen molar-refractivity contribution in [2.75, 3.05) is 6.54 Å². The van der Waals surface area contributed by atoms with E-state index in [2.05, 4.69) is 11.2 Å². The molecule has 0 rings (SSSR count). The molecule has 1 unspecified atom stereocenters. The minimum atomic E-state index is -3.83. The summed E-state index contributed by atoms with van der Waals surface area (Å²) in [5, 5.41) is 0. The monoisotopic (exact) mass is 188 g/mol. The van der Waals surface area contributed by atoms with Gasteiger partial charge in [0.1, 0.15) is 0 Å². The van der Waals surface area contributed by atoms with Crippen molar-refractivity contribution in [2.45, 2.75) is 13.0 Å². The highest BCUT2D eigenvalue weighted by Crippen LogP contribution is 1.62. The summed E-state index contributed by atoms with van der Waals surface area (Å²) >= 11 is 3.47. The molecule has 0 bridgehead atoms. The zero-order chi connectivity index (χ0) is 8.78. The summed E-state index contributed by atoms with van der Waals surface area (Å²) in [6.45, 7) is 2.46. The van der Waals surface area contributed by atoms with E-state index in [1.807, 2.05) is 6.92 Å². The molecule has 1 atom stereocenters. The van der Waals surface area contributed by atoms with E-state index in [-0.39, 0.29) is 6.04 Å². The van der Waals surface area contributed by atoms with E-state index in [4.69, 9.17) is 24.8 Å². The SMILES string of the molecule is CC(N)CN.O=S(O)(O)=S. The van der Waals surface area contributed by atoms with Crippen molar-refractivity contribution in [1.29, 1.82) is 0 Å². The average molecular weight is 188 g/mol. The van der Waals surface area contributed by atoms with Crippen molar-refractivity contribution in [3.8, 4) is 0 Å². The van der Waals surface area contributed by atoms with Crippen molar-refractivity contribution in [3.63, 3.8) is 0 Å². The van der Waals surface area contributed by atoms with Crippen LogP contribution in [0.4, 0.5) is 0 Å². The topological polar surface area (TPSA) is 110 Å². The first-order chi connectivity index (χ1) is 4.27. The third-order valence-electron chi connectivity index (χ3n) is 0.372. The molecule has 0 fully saturated rings. The Kier molecular flexibility index (Phi) is 7.65. The summed E-state index contributed by atoms with van der Waals surface area (Å²) in [6, 6.07) is 0.162. The van der Waals surface area contributed by atoms with Crippen molar-refractivity contribution in [3.05, 3.63) is 0 Å². The molecule has 0 amide bonds. The molecule has 64 valence electrons. The van der Waals surface area contributed by atoms with Gasteiger partial charge in [-0.3, -0.25) is 9.11 Å². The fraction of sp³-hybridized carbons (Fsp3) is 1.00.